The third-order valence-corrected chi connectivity index (χ3v) is 4.08. The van der Waals surface area contributed by atoms with E-state index in [1.165, 1.54) is 24.3 Å². The van der Waals surface area contributed by atoms with Gasteiger partial charge in [-0.1, -0.05) is 50.9 Å². The molecule has 2 aromatic carbocycles. The van der Waals surface area contributed by atoms with Gasteiger partial charge in [0.1, 0.15) is 11.5 Å². The second kappa shape index (κ2) is 10.5. The van der Waals surface area contributed by atoms with Crippen LogP contribution in [-0.4, -0.2) is 10.3 Å². The molecule has 0 bridgehead atoms. The topological polar surface area (TPSA) is 46.3 Å². The Morgan fingerprint density at radius 2 is 1.53 bits per heavy atom. The summed E-state index contributed by atoms with van der Waals surface area (Å²) in [5.74, 6) is 2.82. The molecular formula is C24H26F3NO2. The lowest BCUT2D eigenvalue weighted by Gasteiger charge is -2.16. The number of halogens is 3. The van der Waals surface area contributed by atoms with Crippen LogP contribution in [0.15, 0.2) is 40.9 Å². The minimum Gasteiger partial charge on any atom is -0.508 e. The van der Waals surface area contributed by atoms with Gasteiger partial charge >= 0.3 is 6.18 Å². The number of nitrogens with zero attached hydrogens (tertiary/aromatic N) is 1. The second-order valence-electron chi connectivity index (χ2n) is 5.83. The van der Waals surface area contributed by atoms with Gasteiger partial charge in [0.2, 0.25) is 0 Å². The van der Waals surface area contributed by atoms with E-state index in [-0.39, 0.29) is 11.3 Å². The summed E-state index contributed by atoms with van der Waals surface area (Å²) in [6.45, 7) is 11.4. The zero-order valence-corrected chi connectivity index (χ0v) is 18.0. The molecule has 0 aliphatic rings. The largest absolute Gasteiger partial charge is 0.508 e. The fourth-order valence-corrected chi connectivity index (χ4v) is 2.90. The Morgan fingerprint density at radius 1 is 0.967 bits per heavy atom. The number of rotatable bonds is 2. The molecule has 0 aliphatic carbocycles. The van der Waals surface area contributed by atoms with Gasteiger partial charge in [-0.05, 0) is 49.2 Å². The van der Waals surface area contributed by atoms with Crippen LogP contribution >= 0.6 is 0 Å². The van der Waals surface area contributed by atoms with Crippen LogP contribution in [0.4, 0.5) is 13.2 Å². The fraction of sp³-hybridized carbons (Fsp3) is 0.292. The van der Waals surface area contributed by atoms with E-state index in [1.807, 2.05) is 27.7 Å². The Kier molecular flexibility index (Phi) is 8.73. The van der Waals surface area contributed by atoms with Crippen molar-refractivity contribution in [2.45, 2.75) is 47.7 Å². The maximum absolute atomic E-state index is 13.4. The number of aromatic hydroxyl groups is 1. The van der Waals surface area contributed by atoms with Gasteiger partial charge in [0.15, 0.2) is 0 Å². The predicted molar refractivity (Wildman–Crippen MR) is 114 cm³/mol. The number of phenols is 1. The molecule has 0 fully saturated rings. The fourth-order valence-electron chi connectivity index (χ4n) is 2.90. The summed E-state index contributed by atoms with van der Waals surface area (Å²) in [6.07, 6.45) is 0.985. The smallest absolute Gasteiger partial charge is 0.416 e. The van der Waals surface area contributed by atoms with Gasteiger partial charge in [-0.25, -0.2) is 0 Å². The number of phenolic OH excluding ortho intramolecular Hbond substituents is 1. The van der Waals surface area contributed by atoms with E-state index in [2.05, 4.69) is 11.1 Å². The minimum atomic E-state index is -4.55. The lowest BCUT2D eigenvalue weighted by atomic mass is 9.88. The highest BCUT2D eigenvalue weighted by Crippen LogP contribution is 2.42. The molecule has 0 spiro atoms. The van der Waals surface area contributed by atoms with Crippen molar-refractivity contribution in [3.05, 3.63) is 59.0 Å². The van der Waals surface area contributed by atoms with E-state index in [0.29, 0.717) is 33.7 Å². The van der Waals surface area contributed by atoms with Gasteiger partial charge < -0.3 is 9.63 Å². The van der Waals surface area contributed by atoms with Gasteiger partial charge in [-0.2, -0.15) is 13.2 Å². The minimum absolute atomic E-state index is 0.0109. The van der Waals surface area contributed by atoms with Crippen molar-refractivity contribution in [2.75, 3.05) is 0 Å². The number of alkyl halides is 3. The number of aromatic nitrogens is 1. The normalized spacial score (nSPS) is 10.3. The molecule has 0 unspecified atom stereocenters. The van der Waals surface area contributed by atoms with Crippen LogP contribution in [0.1, 0.15) is 50.3 Å². The molecule has 3 aromatic rings. The van der Waals surface area contributed by atoms with Crippen molar-refractivity contribution in [2.24, 2.45) is 0 Å². The van der Waals surface area contributed by atoms with Crippen LogP contribution in [0.25, 0.3) is 22.3 Å². The molecule has 3 nitrogen and oxygen atoms in total. The molecule has 30 heavy (non-hydrogen) atoms. The van der Waals surface area contributed by atoms with Crippen molar-refractivity contribution in [3.8, 4) is 40.3 Å². The summed E-state index contributed by atoms with van der Waals surface area (Å²) in [7, 11) is 0. The van der Waals surface area contributed by atoms with Gasteiger partial charge in [-0.3, -0.25) is 0 Å². The number of hydrogen-bond donors (Lipinski definition) is 1. The van der Waals surface area contributed by atoms with Crippen LogP contribution in [0.3, 0.4) is 0 Å². The number of hydrogen-bond acceptors (Lipinski definition) is 3. The van der Waals surface area contributed by atoms with Crippen LogP contribution in [-0.2, 0) is 6.18 Å². The van der Waals surface area contributed by atoms with Crippen LogP contribution in [0.2, 0.25) is 0 Å². The SMILES string of the molecule is C#Cc1cc(C(F)(F)F)cc(-c2ccc(O)cc2)c1-c1c(C)noc1C.CC.CC. The van der Waals surface area contributed by atoms with Gasteiger partial charge in [0.05, 0.1) is 11.3 Å². The highest BCUT2D eigenvalue weighted by molar-refractivity contribution is 5.89. The van der Waals surface area contributed by atoms with Crippen molar-refractivity contribution < 1.29 is 22.8 Å². The van der Waals surface area contributed by atoms with E-state index >= 15 is 0 Å². The number of terminal acetylenes is 1. The average molecular weight is 417 g/mol. The van der Waals surface area contributed by atoms with E-state index in [9.17, 15) is 18.3 Å². The monoisotopic (exact) mass is 417 g/mol. The molecule has 6 heteroatoms. The molecule has 1 heterocycles. The zero-order valence-electron chi connectivity index (χ0n) is 18.0. The van der Waals surface area contributed by atoms with E-state index in [1.54, 1.807) is 13.8 Å². The molecule has 0 saturated carbocycles. The first-order valence-corrected chi connectivity index (χ1v) is 9.67. The molecular weight excluding hydrogens is 391 g/mol. The molecule has 3 rings (SSSR count). The van der Waals surface area contributed by atoms with E-state index in [0.717, 1.165) is 12.1 Å². The van der Waals surface area contributed by atoms with E-state index < -0.39 is 11.7 Å². The maximum Gasteiger partial charge on any atom is 0.416 e. The second-order valence-corrected chi connectivity index (χ2v) is 5.83. The molecule has 0 atom stereocenters. The summed E-state index contributed by atoms with van der Waals surface area (Å²) in [4.78, 5) is 0. The van der Waals surface area contributed by atoms with Gasteiger partial charge in [-0.15, -0.1) is 6.42 Å². The lowest BCUT2D eigenvalue weighted by Crippen LogP contribution is -2.07. The quantitative estimate of drug-likeness (QED) is 0.442. The molecule has 1 N–H and O–H groups in total. The Hall–Kier alpha value is -3.20. The third-order valence-electron chi connectivity index (χ3n) is 4.08. The molecule has 0 amide bonds. The van der Waals surface area contributed by atoms with Crippen LogP contribution in [0, 0.1) is 26.2 Å². The number of benzene rings is 2. The van der Waals surface area contributed by atoms with Gasteiger partial charge in [0.25, 0.3) is 0 Å². The highest BCUT2D eigenvalue weighted by Gasteiger charge is 2.33. The first kappa shape index (κ1) is 24.8. The van der Waals surface area contributed by atoms with Crippen molar-refractivity contribution in [3.63, 3.8) is 0 Å². The molecule has 0 saturated heterocycles. The average Bonchev–Trinajstić information content (AvgIpc) is 3.07. The summed E-state index contributed by atoms with van der Waals surface area (Å²) >= 11 is 0. The molecule has 1 aromatic heterocycles. The van der Waals surface area contributed by atoms with Crippen molar-refractivity contribution in [1.29, 1.82) is 0 Å². The standard InChI is InChI=1S/C20H14F3NO2.2C2H6/c1-4-13-9-15(20(21,22)23)10-17(14-5-7-16(25)8-6-14)19(13)18-11(2)24-26-12(18)3;2*1-2/h1,5-10,25H,2-3H3;2*1-2H3. The first-order chi connectivity index (χ1) is 14.2. The summed E-state index contributed by atoms with van der Waals surface area (Å²) in [5, 5.41) is 13.4. The third kappa shape index (κ3) is 5.24. The van der Waals surface area contributed by atoms with Crippen LogP contribution in [0.5, 0.6) is 5.75 Å². The maximum atomic E-state index is 13.4. The lowest BCUT2D eigenvalue weighted by molar-refractivity contribution is -0.137. The van der Waals surface area contributed by atoms with Crippen molar-refractivity contribution in [1.82, 2.24) is 5.16 Å². The Bertz CT molecular complexity index is 991. The predicted octanol–water partition coefficient (Wildman–Crippen LogP) is 7.38. The Balaban J connectivity index is 0.00000106. The van der Waals surface area contributed by atoms with Gasteiger partial charge in [0, 0.05) is 16.7 Å². The summed E-state index contributed by atoms with van der Waals surface area (Å²) in [6, 6.07) is 7.88. The van der Waals surface area contributed by atoms with Crippen molar-refractivity contribution >= 4 is 0 Å². The molecule has 160 valence electrons. The highest BCUT2D eigenvalue weighted by atomic mass is 19.4. The Morgan fingerprint density at radius 3 is 1.97 bits per heavy atom. The van der Waals surface area contributed by atoms with E-state index in [4.69, 9.17) is 10.9 Å². The summed E-state index contributed by atoms with van der Waals surface area (Å²) < 4.78 is 45.2. The zero-order chi connectivity index (χ0) is 23.1. The summed E-state index contributed by atoms with van der Waals surface area (Å²) in [5.41, 5.74) is 1.57. The Labute approximate surface area is 175 Å². The molecule has 0 radical (unpaired) electrons. The van der Waals surface area contributed by atoms with Crippen LogP contribution < -0.4 is 0 Å². The molecule has 0 aliphatic heterocycles. The number of aryl methyl sites for hydroxylation is 2. The first-order valence-electron chi connectivity index (χ1n) is 9.67.